The maximum atomic E-state index is 5.90. The highest BCUT2D eigenvalue weighted by Crippen LogP contribution is 2.23. The molecule has 0 radical (unpaired) electrons. The first kappa shape index (κ1) is 16.3. The molecule has 0 amide bonds. The predicted molar refractivity (Wildman–Crippen MR) is 87.9 cm³/mol. The van der Waals surface area contributed by atoms with Crippen molar-refractivity contribution in [1.82, 2.24) is 14.8 Å². The number of thioether (sulfide) groups is 1. The minimum Gasteiger partial charge on any atom is -0.381 e. The minimum absolute atomic E-state index is 0.722. The van der Waals surface area contributed by atoms with Gasteiger partial charge in [-0.2, -0.15) is 0 Å². The van der Waals surface area contributed by atoms with E-state index >= 15 is 0 Å². The van der Waals surface area contributed by atoms with Crippen LogP contribution in [0.1, 0.15) is 19.8 Å². The van der Waals surface area contributed by atoms with E-state index in [9.17, 15) is 0 Å². The molecule has 2 rings (SSSR count). The third-order valence-electron chi connectivity index (χ3n) is 3.04. The summed E-state index contributed by atoms with van der Waals surface area (Å²) in [7, 11) is 1.98. The number of benzene rings is 1. The van der Waals surface area contributed by atoms with Crippen LogP contribution in [0.5, 0.6) is 0 Å². The molecule has 1 aromatic carbocycles. The van der Waals surface area contributed by atoms with Crippen LogP contribution in [0.15, 0.2) is 29.4 Å². The van der Waals surface area contributed by atoms with E-state index in [-0.39, 0.29) is 0 Å². The van der Waals surface area contributed by atoms with Gasteiger partial charge in [-0.1, -0.05) is 36.7 Å². The monoisotopic (exact) mass is 325 g/mol. The van der Waals surface area contributed by atoms with Gasteiger partial charge in [0.15, 0.2) is 11.0 Å². The predicted octanol–water partition coefficient (Wildman–Crippen LogP) is 4.04. The number of rotatable bonds is 8. The smallest absolute Gasteiger partial charge is 0.191 e. The van der Waals surface area contributed by atoms with Gasteiger partial charge in [0.2, 0.25) is 0 Å². The summed E-state index contributed by atoms with van der Waals surface area (Å²) in [5, 5.41) is 10.1. The number of halogens is 1. The molecular formula is C15H20ClN3OS. The van der Waals surface area contributed by atoms with E-state index in [0.717, 1.165) is 47.0 Å². The van der Waals surface area contributed by atoms with Crippen molar-refractivity contribution >= 4 is 23.4 Å². The zero-order valence-corrected chi connectivity index (χ0v) is 14.0. The van der Waals surface area contributed by atoms with Crippen LogP contribution in [0.4, 0.5) is 0 Å². The van der Waals surface area contributed by atoms with Crippen LogP contribution in [0, 0.1) is 0 Å². The average Bonchev–Trinajstić information content (AvgIpc) is 2.85. The minimum atomic E-state index is 0.722. The molecular weight excluding hydrogens is 306 g/mol. The van der Waals surface area contributed by atoms with Crippen molar-refractivity contribution in [1.29, 1.82) is 0 Å². The van der Waals surface area contributed by atoms with Gasteiger partial charge in [0.1, 0.15) is 0 Å². The first-order valence-corrected chi connectivity index (χ1v) is 8.44. The zero-order valence-electron chi connectivity index (χ0n) is 12.4. The Bertz CT molecular complexity index is 557. The lowest BCUT2D eigenvalue weighted by Crippen LogP contribution is -2.01. The summed E-state index contributed by atoms with van der Waals surface area (Å²) in [6, 6.07) is 7.63. The molecule has 0 bridgehead atoms. The van der Waals surface area contributed by atoms with Crippen molar-refractivity contribution in [2.75, 3.05) is 19.0 Å². The standard InChI is InChI=1S/C15H20ClN3OS/c1-3-4-9-20-10-11-21-15-18-17-14(19(15)2)12-5-7-13(16)8-6-12/h5-8H,3-4,9-11H2,1-2H3. The Morgan fingerprint density at radius 1 is 1.19 bits per heavy atom. The van der Waals surface area contributed by atoms with Crippen molar-refractivity contribution < 1.29 is 4.74 Å². The number of hydrogen-bond donors (Lipinski definition) is 0. The highest BCUT2D eigenvalue weighted by atomic mass is 35.5. The Labute approximate surface area is 134 Å². The normalized spacial score (nSPS) is 11.0. The van der Waals surface area contributed by atoms with E-state index < -0.39 is 0 Å². The number of ether oxygens (including phenoxy) is 1. The average molecular weight is 326 g/mol. The van der Waals surface area contributed by atoms with Gasteiger partial charge in [-0.25, -0.2) is 0 Å². The van der Waals surface area contributed by atoms with Gasteiger partial charge in [-0.05, 0) is 30.7 Å². The fourth-order valence-corrected chi connectivity index (χ4v) is 2.72. The zero-order chi connectivity index (χ0) is 15.1. The molecule has 0 spiro atoms. The van der Waals surface area contributed by atoms with E-state index in [4.69, 9.17) is 16.3 Å². The van der Waals surface area contributed by atoms with Crippen LogP contribution in [-0.4, -0.2) is 33.7 Å². The summed E-state index contributed by atoms with van der Waals surface area (Å²) in [5.74, 6) is 1.73. The summed E-state index contributed by atoms with van der Waals surface area (Å²) in [6.07, 6.45) is 2.29. The molecule has 0 fully saturated rings. The van der Waals surface area contributed by atoms with Crippen LogP contribution in [0.2, 0.25) is 5.02 Å². The molecule has 4 nitrogen and oxygen atoms in total. The topological polar surface area (TPSA) is 39.9 Å². The van der Waals surface area contributed by atoms with E-state index in [0.29, 0.717) is 0 Å². The maximum absolute atomic E-state index is 5.90. The third-order valence-corrected chi connectivity index (χ3v) is 4.27. The van der Waals surface area contributed by atoms with Crippen molar-refractivity contribution in [3.63, 3.8) is 0 Å². The molecule has 1 aromatic heterocycles. The van der Waals surface area contributed by atoms with Crippen LogP contribution in [0.3, 0.4) is 0 Å². The van der Waals surface area contributed by atoms with Gasteiger partial charge < -0.3 is 9.30 Å². The number of hydrogen-bond acceptors (Lipinski definition) is 4. The van der Waals surface area contributed by atoms with Gasteiger partial charge in [-0.15, -0.1) is 10.2 Å². The van der Waals surface area contributed by atoms with Crippen molar-refractivity contribution in [3.05, 3.63) is 29.3 Å². The number of nitrogens with zero attached hydrogens (tertiary/aromatic N) is 3. The molecule has 21 heavy (non-hydrogen) atoms. The first-order valence-electron chi connectivity index (χ1n) is 7.08. The Hall–Kier alpha value is -1.04. The van der Waals surface area contributed by atoms with Crippen molar-refractivity contribution in [2.24, 2.45) is 7.05 Å². The Morgan fingerprint density at radius 3 is 2.67 bits per heavy atom. The van der Waals surface area contributed by atoms with Crippen LogP contribution >= 0.6 is 23.4 Å². The molecule has 0 unspecified atom stereocenters. The van der Waals surface area contributed by atoms with E-state index in [1.165, 1.54) is 6.42 Å². The Balaban J connectivity index is 1.90. The highest BCUT2D eigenvalue weighted by molar-refractivity contribution is 7.99. The lowest BCUT2D eigenvalue weighted by Gasteiger charge is -2.05. The second-order valence-corrected chi connectivity index (χ2v) is 6.18. The van der Waals surface area contributed by atoms with Gasteiger partial charge in [0.05, 0.1) is 6.61 Å². The fourth-order valence-electron chi connectivity index (χ4n) is 1.83. The first-order chi connectivity index (χ1) is 10.2. The Kier molecular flexibility index (Phi) is 6.54. The molecule has 0 saturated heterocycles. The fraction of sp³-hybridized carbons (Fsp3) is 0.467. The quantitative estimate of drug-likeness (QED) is 0.542. The maximum Gasteiger partial charge on any atom is 0.191 e. The summed E-state index contributed by atoms with van der Waals surface area (Å²) in [4.78, 5) is 0. The van der Waals surface area contributed by atoms with Crippen LogP contribution in [-0.2, 0) is 11.8 Å². The second kappa shape index (κ2) is 8.41. The van der Waals surface area contributed by atoms with Gasteiger partial charge >= 0.3 is 0 Å². The number of unbranched alkanes of at least 4 members (excludes halogenated alkanes) is 1. The number of aromatic nitrogens is 3. The van der Waals surface area contributed by atoms with E-state index in [1.54, 1.807) is 11.8 Å². The summed E-state index contributed by atoms with van der Waals surface area (Å²) >= 11 is 7.57. The lowest BCUT2D eigenvalue weighted by atomic mass is 10.2. The Morgan fingerprint density at radius 2 is 1.95 bits per heavy atom. The van der Waals surface area contributed by atoms with Gasteiger partial charge in [0.25, 0.3) is 0 Å². The third kappa shape index (κ3) is 4.73. The van der Waals surface area contributed by atoms with Crippen molar-refractivity contribution in [2.45, 2.75) is 24.9 Å². The molecule has 114 valence electrons. The second-order valence-electron chi connectivity index (χ2n) is 4.69. The molecule has 0 N–H and O–H groups in total. The van der Waals surface area contributed by atoms with Crippen LogP contribution < -0.4 is 0 Å². The molecule has 1 heterocycles. The van der Waals surface area contributed by atoms with Crippen LogP contribution in [0.25, 0.3) is 11.4 Å². The molecule has 6 heteroatoms. The molecule has 0 aliphatic heterocycles. The molecule has 0 aliphatic rings. The largest absolute Gasteiger partial charge is 0.381 e. The van der Waals surface area contributed by atoms with Crippen molar-refractivity contribution in [3.8, 4) is 11.4 Å². The molecule has 0 saturated carbocycles. The van der Waals surface area contributed by atoms with E-state index in [1.807, 2.05) is 35.9 Å². The van der Waals surface area contributed by atoms with Gasteiger partial charge in [0, 0.05) is 30.0 Å². The molecule has 2 aromatic rings. The molecule has 0 atom stereocenters. The lowest BCUT2D eigenvalue weighted by molar-refractivity contribution is 0.147. The summed E-state index contributed by atoms with van der Waals surface area (Å²) in [6.45, 7) is 3.75. The summed E-state index contributed by atoms with van der Waals surface area (Å²) in [5.41, 5.74) is 1.01. The van der Waals surface area contributed by atoms with Gasteiger partial charge in [-0.3, -0.25) is 0 Å². The highest BCUT2D eigenvalue weighted by Gasteiger charge is 2.10. The molecule has 0 aliphatic carbocycles. The van der Waals surface area contributed by atoms with E-state index in [2.05, 4.69) is 17.1 Å². The summed E-state index contributed by atoms with van der Waals surface area (Å²) < 4.78 is 7.55. The SMILES string of the molecule is CCCCOCCSc1nnc(-c2ccc(Cl)cc2)n1C.